The van der Waals surface area contributed by atoms with Gasteiger partial charge in [-0.15, -0.1) is 0 Å². The molecule has 100 valence electrons. The minimum absolute atomic E-state index is 0.0739. The van der Waals surface area contributed by atoms with Gasteiger partial charge in [0.1, 0.15) is 0 Å². The molecule has 0 spiro atoms. The lowest BCUT2D eigenvalue weighted by molar-refractivity contribution is 0.126. The lowest BCUT2D eigenvalue weighted by atomic mass is 10.1. The highest BCUT2D eigenvalue weighted by molar-refractivity contribution is 9.09. The van der Waals surface area contributed by atoms with E-state index in [1.807, 2.05) is 0 Å². The quantitative estimate of drug-likeness (QED) is 0.721. The summed E-state index contributed by atoms with van der Waals surface area (Å²) in [6, 6.07) is 0. The molecule has 0 N–H and O–H groups in total. The summed E-state index contributed by atoms with van der Waals surface area (Å²) in [6.07, 6.45) is 3.86. The van der Waals surface area contributed by atoms with Crippen molar-refractivity contribution in [2.24, 2.45) is 5.92 Å². The lowest BCUT2D eigenvalue weighted by Crippen LogP contribution is -2.35. The third-order valence-corrected chi connectivity index (χ3v) is 5.95. The molecule has 0 amide bonds. The fourth-order valence-electron chi connectivity index (χ4n) is 2.56. The van der Waals surface area contributed by atoms with Gasteiger partial charge in [0.05, 0.1) is 11.9 Å². The van der Waals surface area contributed by atoms with Crippen molar-refractivity contribution in [1.29, 1.82) is 0 Å². The molecule has 4 nitrogen and oxygen atoms in total. The minimum atomic E-state index is -3.10. The first-order valence-corrected chi connectivity index (χ1v) is 9.00. The van der Waals surface area contributed by atoms with Gasteiger partial charge in [0, 0.05) is 25.0 Å². The van der Waals surface area contributed by atoms with Crippen LogP contribution in [0.25, 0.3) is 0 Å². The molecule has 2 atom stereocenters. The van der Waals surface area contributed by atoms with Crippen molar-refractivity contribution in [3.05, 3.63) is 0 Å². The molecular weight excluding hydrogens is 306 g/mol. The molecular formula is C11H20BrNO3S. The average Bonchev–Trinajstić information content (AvgIpc) is 2.88. The number of halogens is 1. The van der Waals surface area contributed by atoms with Gasteiger partial charge in [0.2, 0.25) is 10.0 Å². The molecule has 0 aromatic carbocycles. The number of sulfonamides is 1. The Bertz CT molecular complexity index is 341. The Morgan fingerprint density at radius 2 is 2.18 bits per heavy atom. The standard InChI is InChI=1S/C11H20BrNO3S/c12-5-3-10-4-6-13(8-10)17(14,15)9-11-2-1-7-16-11/h10-11H,1-9H2. The van der Waals surface area contributed by atoms with E-state index in [-0.39, 0.29) is 11.9 Å². The molecule has 17 heavy (non-hydrogen) atoms. The third kappa shape index (κ3) is 3.66. The number of hydrogen-bond donors (Lipinski definition) is 0. The maximum absolute atomic E-state index is 12.2. The van der Waals surface area contributed by atoms with Crippen LogP contribution in [-0.2, 0) is 14.8 Å². The number of ether oxygens (including phenoxy) is 1. The van der Waals surface area contributed by atoms with Crippen molar-refractivity contribution >= 4 is 26.0 Å². The van der Waals surface area contributed by atoms with Gasteiger partial charge in [0.25, 0.3) is 0 Å². The highest BCUT2D eigenvalue weighted by atomic mass is 79.9. The second-order valence-electron chi connectivity index (χ2n) is 4.90. The van der Waals surface area contributed by atoms with Crippen molar-refractivity contribution in [2.75, 3.05) is 30.8 Å². The van der Waals surface area contributed by atoms with Gasteiger partial charge in [-0.2, -0.15) is 0 Å². The summed E-state index contributed by atoms with van der Waals surface area (Å²) in [5, 5.41) is 0.956. The zero-order valence-electron chi connectivity index (χ0n) is 9.98. The molecule has 2 aliphatic heterocycles. The van der Waals surface area contributed by atoms with Crippen LogP contribution in [0.15, 0.2) is 0 Å². The van der Waals surface area contributed by atoms with Crippen LogP contribution in [0.2, 0.25) is 0 Å². The first-order valence-electron chi connectivity index (χ1n) is 6.27. The summed E-state index contributed by atoms with van der Waals surface area (Å²) in [4.78, 5) is 0. The first-order chi connectivity index (χ1) is 8.12. The van der Waals surface area contributed by atoms with Crippen molar-refractivity contribution in [3.63, 3.8) is 0 Å². The van der Waals surface area contributed by atoms with Crippen molar-refractivity contribution in [3.8, 4) is 0 Å². The summed E-state index contributed by atoms with van der Waals surface area (Å²) < 4.78 is 31.4. The van der Waals surface area contributed by atoms with E-state index in [1.54, 1.807) is 4.31 Å². The van der Waals surface area contributed by atoms with Gasteiger partial charge < -0.3 is 4.74 Å². The predicted molar refractivity (Wildman–Crippen MR) is 70.9 cm³/mol. The van der Waals surface area contributed by atoms with Gasteiger partial charge >= 0.3 is 0 Å². The van der Waals surface area contributed by atoms with Gasteiger partial charge in [0.15, 0.2) is 0 Å². The summed E-state index contributed by atoms with van der Waals surface area (Å²) in [7, 11) is -3.10. The fraction of sp³-hybridized carbons (Fsp3) is 1.00. The summed E-state index contributed by atoms with van der Waals surface area (Å²) in [5.41, 5.74) is 0. The van der Waals surface area contributed by atoms with E-state index in [9.17, 15) is 8.42 Å². The Kier molecular flexibility index (Phi) is 4.86. The Morgan fingerprint density at radius 1 is 1.35 bits per heavy atom. The normalized spacial score (nSPS) is 31.1. The molecule has 2 saturated heterocycles. The van der Waals surface area contributed by atoms with E-state index in [2.05, 4.69) is 15.9 Å². The Hall–Kier alpha value is 0.350. The Morgan fingerprint density at radius 3 is 2.82 bits per heavy atom. The van der Waals surface area contributed by atoms with E-state index in [1.165, 1.54) is 0 Å². The zero-order valence-corrected chi connectivity index (χ0v) is 12.4. The first kappa shape index (κ1) is 13.8. The van der Waals surface area contributed by atoms with Crippen LogP contribution in [0.1, 0.15) is 25.7 Å². The van der Waals surface area contributed by atoms with Crippen LogP contribution in [0, 0.1) is 5.92 Å². The minimum Gasteiger partial charge on any atom is -0.377 e. The summed E-state index contributed by atoms with van der Waals surface area (Å²) in [5.74, 6) is 0.697. The van der Waals surface area contributed by atoms with Gasteiger partial charge in [-0.3, -0.25) is 0 Å². The monoisotopic (exact) mass is 325 g/mol. The molecule has 2 rings (SSSR count). The zero-order chi connectivity index (χ0) is 12.3. The number of nitrogens with zero attached hydrogens (tertiary/aromatic N) is 1. The molecule has 0 aromatic heterocycles. The molecule has 6 heteroatoms. The molecule has 0 saturated carbocycles. The molecule has 2 aliphatic rings. The van der Waals surface area contributed by atoms with Crippen molar-refractivity contribution < 1.29 is 13.2 Å². The van der Waals surface area contributed by atoms with Crippen LogP contribution in [0.3, 0.4) is 0 Å². The van der Waals surface area contributed by atoms with Crippen LogP contribution < -0.4 is 0 Å². The maximum atomic E-state index is 12.2. The highest BCUT2D eigenvalue weighted by Crippen LogP contribution is 2.24. The van der Waals surface area contributed by atoms with Crippen LogP contribution >= 0.6 is 15.9 Å². The van der Waals surface area contributed by atoms with E-state index >= 15 is 0 Å². The largest absolute Gasteiger partial charge is 0.377 e. The smallest absolute Gasteiger partial charge is 0.216 e. The third-order valence-electron chi connectivity index (χ3n) is 3.58. The molecule has 0 bridgehead atoms. The lowest BCUT2D eigenvalue weighted by Gasteiger charge is -2.18. The van der Waals surface area contributed by atoms with Crippen molar-refractivity contribution in [1.82, 2.24) is 4.31 Å². The van der Waals surface area contributed by atoms with Gasteiger partial charge in [-0.1, -0.05) is 15.9 Å². The Balaban J connectivity index is 1.87. The van der Waals surface area contributed by atoms with E-state index in [0.717, 1.165) is 31.0 Å². The molecule has 2 unspecified atom stereocenters. The second kappa shape index (κ2) is 5.99. The van der Waals surface area contributed by atoms with Gasteiger partial charge in [-0.05, 0) is 31.6 Å². The topological polar surface area (TPSA) is 46.6 Å². The summed E-state index contributed by atoms with van der Waals surface area (Å²) >= 11 is 3.41. The summed E-state index contributed by atoms with van der Waals surface area (Å²) in [6.45, 7) is 2.10. The number of hydrogen-bond acceptors (Lipinski definition) is 3. The molecule has 2 fully saturated rings. The van der Waals surface area contributed by atoms with E-state index < -0.39 is 10.0 Å². The number of rotatable bonds is 5. The predicted octanol–water partition coefficient (Wildman–Crippen LogP) is 1.60. The molecule has 0 aliphatic carbocycles. The van der Waals surface area contributed by atoms with E-state index in [0.29, 0.717) is 25.6 Å². The number of alkyl halides is 1. The average molecular weight is 326 g/mol. The SMILES string of the molecule is O=S(=O)(CC1CCCO1)N1CCC(CCBr)C1. The van der Waals surface area contributed by atoms with Crippen LogP contribution in [0.5, 0.6) is 0 Å². The van der Waals surface area contributed by atoms with E-state index in [4.69, 9.17) is 4.74 Å². The van der Waals surface area contributed by atoms with Crippen LogP contribution in [0.4, 0.5) is 0 Å². The molecule has 0 aromatic rings. The maximum Gasteiger partial charge on any atom is 0.216 e. The Labute approximate surface area is 112 Å². The molecule has 0 radical (unpaired) electrons. The second-order valence-corrected chi connectivity index (χ2v) is 7.71. The van der Waals surface area contributed by atoms with Crippen LogP contribution in [-0.4, -0.2) is 49.6 Å². The highest BCUT2D eigenvalue weighted by Gasteiger charge is 2.33. The molecule has 2 heterocycles. The van der Waals surface area contributed by atoms with Gasteiger partial charge in [-0.25, -0.2) is 12.7 Å². The van der Waals surface area contributed by atoms with Crippen molar-refractivity contribution in [2.45, 2.75) is 31.8 Å². The fourth-order valence-corrected chi connectivity index (χ4v) is 4.97.